The highest BCUT2D eigenvalue weighted by Gasteiger charge is 2.24. The SMILES string of the molecule is CN=C(NCc1ccc(Cn2ccccc2=O)cc1)NCC(OC)C(C)(C)C. The minimum absolute atomic E-state index is 0.00716. The molecular weight excluding hydrogens is 352 g/mol. The lowest BCUT2D eigenvalue weighted by Crippen LogP contribution is -2.45. The standard InChI is InChI=1S/C22H32N4O2/c1-22(2,3)19(28-5)15-25-21(23-4)24-14-17-9-11-18(12-10-17)16-26-13-7-6-8-20(26)27/h6-13,19H,14-16H2,1-5H3,(H2,23,24,25). The maximum Gasteiger partial charge on any atom is 0.250 e. The van der Waals surface area contributed by atoms with E-state index in [4.69, 9.17) is 4.74 Å². The molecule has 2 N–H and O–H groups in total. The van der Waals surface area contributed by atoms with Crippen LogP contribution in [0.3, 0.4) is 0 Å². The van der Waals surface area contributed by atoms with Crippen molar-refractivity contribution in [3.63, 3.8) is 0 Å². The maximum absolute atomic E-state index is 11.8. The first kappa shape index (κ1) is 21.7. The second-order valence-electron chi connectivity index (χ2n) is 7.88. The number of pyridine rings is 1. The fraction of sp³-hybridized carbons (Fsp3) is 0.455. The van der Waals surface area contributed by atoms with Crippen LogP contribution in [0.2, 0.25) is 0 Å². The van der Waals surface area contributed by atoms with E-state index in [1.807, 2.05) is 18.2 Å². The summed E-state index contributed by atoms with van der Waals surface area (Å²) in [4.78, 5) is 16.1. The number of aromatic nitrogens is 1. The monoisotopic (exact) mass is 384 g/mol. The number of nitrogens with zero attached hydrogens (tertiary/aromatic N) is 2. The van der Waals surface area contributed by atoms with Crippen LogP contribution in [0.5, 0.6) is 0 Å². The first-order chi connectivity index (χ1) is 13.3. The van der Waals surface area contributed by atoms with Gasteiger partial charge < -0.3 is 19.9 Å². The largest absolute Gasteiger partial charge is 0.379 e. The first-order valence-corrected chi connectivity index (χ1v) is 9.54. The van der Waals surface area contributed by atoms with Crippen LogP contribution in [0.1, 0.15) is 31.9 Å². The molecule has 1 aromatic carbocycles. The second-order valence-corrected chi connectivity index (χ2v) is 7.88. The Kier molecular flexibility index (Phi) is 7.81. The van der Waals surface area contributed by atoms with E-state index in [0.29, 0.717) is 19.6 Å². The predicted octanol–water partition coefficient (Wildman–Crippen LogP) is 2.62. The summed E-state index contributed by atoms with van der Waals surface area (Å²) in [5.41, 5.74) is 2.29. The van der Waals surface area contributed by atoms with Crippen molar-refractivity contribution >= 4 is 5.96 Å². The normalized spacial score (nSPS) is 13.2. The Morgan fingerprint density at radius 2 is 1.79 bits per heavy atom. The van der Waals surface area contributed by atoms with E-state index in [1.165, 1.54) is 0 Å². The quantitative estimate of drug-likeness (QED) is 0.569. The van der Waals surface area contributed by atoms with Gasteiger partial charge in [-0.1, -0.05) is 51.1 Å². The summed E-state index contributed by atoms with van der Waals surface area (Å²) >= 11 is 0. The van der Waals surface area contributed by atoms with E-state index in [-0.39, 0.29) is 17.1 Å². The van der Waals surface area contributed by atoms with Gasteiger partial charge in [-0.2, -0.15) is 0 Å². The van der Waals surface area contributed by atoms with E-state index in [9.17, 15) is 4.79 Å². The minimum atomic E-state index is 0.00716. The molecule has 0 fully saturated rings. The molecule has 0 saturated heterocycles. The van der Waals surface area contributed by atoms with Crippen LogP contribution in [0.15, 0.2) is 58.4 Å². The van der Waals surface area contributed by atoms with E-state index in [1.54, 1.807) is 37.1 Å². The maximum atomic E-state index is 11.8. The lowest BCUT2D eigenvalue weighted by Gasteiger charge is -2.30. The van der Waals surface area contributed by atoms with Crippen molar-refractivity contribution in [1.29, 1.82) is 0 Å². The molecular formula is C22H32N4O2. The summed E-state index contributed by atoms with van der Waals surface area (Å²) in [5.74, 6) is 0.742. The molecule has 1 atom stereocenters. The van der Waals surface area contributed by atoms with Crippen molar-refractivity contribution < 1.29 is 4.74 Å². The number of benzene rings is 1. The highest BCUT2D eigenvalue weighted by molar-refractivity contribution is 5.79. The van der Waals surface area contributed by atoms with Crippen LogP contribution in [0.4, 0.5) is 0 Å². The van der Waals surface area contributed by atoms with Crippen molar-refractivity contribution in [2.45, 2.75) is 40.0 Å². The zero-order chi connectivity index (χ0) is 20.6. The highest BCUT2D eigenvalue weighted by Crippen LogP contribution is 2.20. The molecule has 0 saturated carbocycles. The van der Waals surface area contributed by atoms with Gasteiger partial charge in [0.25, 0.3) is 5.56 Å². The van der Waals surface area contributed by atoms with Gasteiger partial charge in [0.2, 0.25) is 0 Å². The van der Waals surface area contributed by atoms with Gasteiger partial charge in [0.05, 0.1) is 12.6 Å². The van der Waals surface area contributed by atoms with Gasteiger partial charge in [-0.3, -0.25) is 9.79 Å². The molecule has 0 bridgehead atoms. The number of rotatable bonds is 7. The van der Waals surface area contributed by atoms with Crippen LogP contribution in [-0.4, -0.2) is 37.3 Å². The molecule has 28 heavy (non-hydrogen) atoms. The molecule has 1 unspecified atom stereocenters. The Hall–Kier alpha value is -2.60. The van der Waals surface area contributed by atoms with Gasteiger partial charge in [0.15, 0.2) is 5.96 Å². The van der Waals surface area contributed by atoms with E-state index in [2.05, 4.69) is 48.5 Å². The third-order valence-electron chi connectivity index (χ3n) is 4.66. The number of aliphatic imine (C=N–C) groups is 1. The zero-order valence-electron chi connectivity index (χ0n) is 17.5. The topological polar surface area (TPSA) is 67.7 Å². The predicted molar refractivity (Wildman–Crippen MR) is 115 cm³/mol. The Labute approximate surface area is 167 Å². The molecule has 1 heterocycles. The second kappa shape index (κ2) is 10.1. The van der Waals surface area contributed by atoms with Crippen molar-refractivity contribution in [3.05, 3.63) is 70.1 Å². The van der Waals surface area contributed by atoms with Crippen molar-refractivity contribution in [1.82, 2.24) is 15.2 Å². The number of hydrogen-bond acceptors (Lipinski definition) is 3. The van der Waals surface area contributed by atoms with Gasteiger partial charge in [0, 0.05) is 39.5 Å². The third-order valence-corrected chi connectivity index (χ3v) is 4.66. The van der Waals surface area contributed by atoms with Crippen LogP contribution < -0.4 is 16.2 Å². The summed E-state index contributed by atoms with van der Waals surface area (Å²) in [6.45, 7) is 8.39. The molecule has 0 aliphatic carbocycles. The molecule has 2 rings (SSSR count). The lowest BCUT2D eigenvalue weighted by molar-refractivity contribution is 0.0205. The van der Waals surface area contributed by atoms with E-state index in [0.717, 1.165) is 17.1 Å². The Bertz CT molecular complexity index is 819. The number of nitrogens with one attached hydrogen (secondary N) is 2. The molecule has 0 radical (unpaired) electrons. The molecule has 6 nitrogen and oxygen atoms in total. The third kappa shape index (κ3) is 6.53. The van der Waals surface area contributed by atoms with Crippen LogP contribution >= 0.6 is 0 Å². The molecule has 6 heteroatoms. The van der Waals surface area contributed by atoms with Gasteiger partial charge in [-0.05, 0) is 22.6 Å². The molecule has 0 aliphatic rings. The smallest absolute Gasteiger partial charge is 0.250 e. The molecule has 0 aliphatic heterocycles. The van der Waals surface area contributed by atoms with Crippen LogP contribution in [0.25, 0.3) is 0 Å². The summed E-state index contributed by atoms with van der Waals surface area (Å²) < 4.78 is 7.27. The average Bonchev–Trinajstić information content (AvgIpc) is 2.66. The average molecular weight is 385 g/mol. The fourth-order valence-corrected chi connectivity index (χ4v) is 2.89. The van der Waals surface area contributed by atoms with Crippen molar-refractivity contribution in [2.24, 2.45) is 10.4 Å². The molecule has 0 amide bonds. The van der Waals surface area contributed by atoms with E-state index >= 15 is 0 Å². The van der Waals surface area contributed by atoms with Crippen LogP contribution in [-0.2, 0) is 17.8 Å². The van der Waals surface area contributed by atoms with Crippen molar-refractivity contribution in [2.75, 3.05) is 20.7 Å². The first-order valence-electron chi connectivity index (χ1n) is 9.54. The molecule has 0 spiro atoms. The lowest BCUT2D eigenvalue weighted by atomic mass is 9.89. The highest BCUT2D eigenvalue weighted by atomic mass is 16.5. The number of hydrogen-bond donors (Lipinski definition) is 2. The summed E-state index contributed by atoms with van der Waals surface area (Å²) in [7, 11) is 3.49. The van der Waals surface area contributed by atoms with Crippen LogP contribution in [0, 0.1) is 5.41 Å². The van der Waals surface area contributed by atoms with Gasteiger partial charge in [0.1, 0.15) is 0 Å². The Morgan fingerprint density at radius 1 is 1.11 bits per heavy atom. The summed E-state index contributed by atoms with van der Waals surface area (Å²) in [6, 6.07) is 13.4. The van der Waals surface area contributed by atoms with Gasteiger partial charge in [-0.15, -0.1) is 0 Å². The Balaban J connectivity index is 1.88. The van der Waals surface area contributed by atoms with Crippen molar-refractivity contribution in [3.8, 4) is 0 Å². The van der Waals surface area contributed by atoms with Gasteiger partial charge >= 0.3 is 0 Å². The molecule has 152 valence electrons. The molecule has 2 aromatic rings. The summed E-state index contributed by atoms with van der Waals surface area (Å²) in [5, 5.41) is 6.65. The van der Waals surface area contributed by atoms with Gasteiger partial charge in [-0.25, -0.2) is 0 Å². The fourth-order valence-electron chi connectivity index (χ4n) is 2.89. The Morgan fingerprint density at radius 3 is 2.36 bits per heavy atom. The number of ether oxygens (including phenoxy) is 1. The summed E-state index contributed by atoms with van der Waals surface area (Å²) in [6.07, 6.45) is 1.89. The number of methoxy groups -OCH3 is 1. The van der Waals surface area contributed by atoms with E-state index < -0.39 is 0 Å². The number of guanidine groups is 1. The zero-order valence-corrected chi connectivity index (χ0v) is 17.5. The minimum Gasteiger partial charge on any atom is -0.379 e. The molecule has 1 aromatic heterocycles.